The Hall–Kier alpha value is -1.35. The van der Waals surface area contributed by atoms with Crippen LogP contribution in [0.25, 0.3) is 0 Å². The second-order valence-electron chi connectivity index (χ2n) is 3.19. The molecule has 0 fully saturated rings. The third kappa shape index (κ3) is 1.70. The smallest absolute Gasteiger partial charge is 0.113 e. The molecule has 0 aliphatic heterocycles. The van der Waals surface area contributed by atoms with Crippen LogP contribution >= 0.6 is 0 Å². The molecule has 13 heavy (non-hydrogen) atoms. The highest BCUT2D eigenvalue weighted by Gasteiger charge is 2.09. The van der Waals surface area contributed by atoms with Crippen LogP contribution in [0.3, 0.4) is 0 Å². The average Bonchev–Trinajstić information content (AvgIpc) is 2.61. The summed E-state index contributed by atoms with van der Waals surface area (Å²) < 4.78 is 0. The fourth-order valence-electron chi connectivity index (χ4n) is 1.74. The van der Waals surface area contributed by atoms with E-state index in [2.05, 4.69) is 17.1 Å². The van der Waals surface area contributed by atoms with Crippen LogP contribution in [0.4, 0.5) is 5.69 Å². The minimum atomic E-state index is 0.891. The number of fused-ring (bicyclic) bond motifs is 1. The lowest BCUT2D eigenvalue weighted by molar-refractivity contribution is 0.240. The molecule has 0 saturated heterocycles. The van der Waals surface area contributed by atoms with E-state index in [1.807, 2.05) is 11.5 Å². The van der Waals surface area contributed by atoms with Crippen molar-refractivity contribution in [1.29, 1.82) is 0 Å². The Bertz CT molecular complexity index is 334. The summed E-state index contributed by atoms with van der Waals surface area (Å²) in [5.41, 5.74) is 5.62. The van der Waals surface area contributed by atoms with Crippen LogP contribution in [0, 0.1) is 0 Å². The summed E-state index contributed by atoms with van der Waals surface area (Å²) in [6, 6.07) is 6.17. The van der Waals surface area contributed by atoms with Gasteiger partial charge in [-0.3, -0.25) is 10.7 Å². The van der Waals surface area contributed by atoms with E-state index in [1.165, 1.54) is 30.3 Å². The fraction of sp³-hybridized carbons (Fsp3) is 0.300. The van der Waals surface area contributed by atoms with Crippen molar-refractivity contribution in [3.63, 3.8) is 0 Å². The Morgan fingerprint density at radius 1 is 1.31 bits per heavy atom. The Balaban J connectivity index is 2.25. The average molecular weight is 176 g/mol. The molecule has 68 valence electrons. The van der Waals surface area contributed by atoms with Crippen LogP contribution in [-0.2, 0) is 12.8 Å². The van der Waals surface area contributed by atoms with Crippen molar-refractivity contribution in [1.82, 2.24) is 5.48 Å². The maximum absolute atomic E-state index is 8.32. The molecule has 0 radical (unpaired) electrons. The largest absolute Gasteiger partial charge is 0.290 e. The number of nitrogens with one attached hydrogen (secondary N) is 1. The molecule has 0 atom stereocenters. The number of nitrogens with zero attached hydrogens (tertiary/aromatic N) is 1. The predicted molar refractivity (Wildman–Crippen MR) is 51.5 cm³/mol. The predicted octanol–water partition coefficient (Wildman–Crippen LogP) is 1.81. The summed E-state index contributed by atoms with van der Waals surface area (Å²) >= 11 is 0. The fourth-order valence-corrected chi connectivity index (χ4v) is 1.74. The first-order valence-corrected chi connectivity index (χ1v) is 4.44. The van der Waals surface area contributed by atoms with Gasteiger partial charge in [0.2, 0.25) is 0 Å². The summed E-state index contributed by atoms with van der Waals surface area (Å²) in [6.45, 7) is 0. The molecule has 1 aliphatic carbocycles. The molecule has 0 bridgehead atoms. The van der Waals surface area contributed by atoms with Gasteiger partial charge in [-0.05, 0) is 42.5 Å². The summed E-state index contributed by atoms with van der Waals surface area (Å²) in [6.07, 6.45) is 4.88. The zero-order valence-electron chi connectivity index (χ0n) is 7.33. The van der Waals surface area contributed by atoms with Crippen LogP contribution in [0.5, 0.6) is 0 Å². The van der Waals surface area contributed by atoms with E-state index in [0.29, 0.717) is 0 Å². The molecular formula is C10H12N2O. The van der Waals surface area contributed by atoms with E-state index in [0.717, 1.165) is 12.1 Å². The van der Waals surface area contributed by atoms with Crippen molar-refractivity contribution in [2.75, 3.05) is 0 Å². The Morgan fingerprint density at radius 3 is 3.00 bits per heavy atom. The van der Waals surface area contributed by atoms with Crippen LogP contribution in [0.2, 0.25) is 0 Å². The minimum Gasteiger partial charge on any atom is -0.290 e. The van der Waals surface area contributed by atoms with Crippen molar-refractivity contribution < 1.29 is 5.21 Å². The molecule has 3 heteroatoms. The van der Waals surface area contributed by atoms with Gasteiger partial charge in [0.1, 0.15) is 6.34 Å². The third-order valence-electron chi connectivity index (χ3n) is 2.35. The first-order valence-electron chi connectivity index (χ1n) is 4.44. The molecule has 0 unspecified atom stereocenters. The van der Waals surface area contributed by atoms with Crippen molar-refractivity contribution in [3.8, 4) is 0 Å². The first kappa shape index (κ1) is 8.26. The highest BCUT2D eigenvalue weighted by atomic mass is 16.5. The maximum atomic E-state index is 8.32. The molecule has 0 spiro atoms. The zero-order chi connectivity index (χ0) is 9.10. The summed E-state index contributed by atoms with van der Waals surface area (Å²) in [5.74, 6) is 0. The first-order chi connectivity index (χ1) is 6.40. The lowest BCUT2D eigenvalue weighted by atomic mass is 10.1. The van der Waals surface area contributed by atoms with Gasteiger partial charge >= 0.3 is 0 Å². The van der Waals surface area contributed by atoms with E-state index >= 15 is 0 Å². The van der Waals surface area contributed by atoms with E-state index in [9.17, 15) is 0 Å². The van der Waals surface area contributed by atoms with Crippen LogP contribution in [0.15, 0.2) is 23.2 Å². The Kier molecular flexibility index (Phi) is 2.27. The summed E-state index contributed by atoms with van der Waals surface area (Å²) in [7, 11) is 0. The lowest BCUT2D eigenvalue weighted by Crippen LogP contribution is -2.00. The van der Waals surface area contributed by atoms with Crippen LogP contribution in [-0.4, -0.2) is 11.5 Å². The van der Waals surface area contributed by atoms with Gasteiger partial charge in [-0.1, -0.05) is 6.07 Å². The van der Waals surface area contributed by atoms with Crippen molar-refractivity contribution in [2.24, 2.45) is 4.99 Å². The Morgan fingerprint density at radius 2 is 2.15 bits per heavy atom. The van der Waals surface area contributed by atoms with Gasteiger partial charge in [0.05, 0.1) is 5.69 Å². The number of hydroxylamine groups is 1. The van der Waals surface area contributed by atoms with Crippen LogP contribution in [0.1, 0.15) is 17.5 Å². The minimum absolute atomic E-state index is 0.891. The summed E-state index contributed by atoms with van der Waals surface area (Å²) in [5, 5.41) is 8.32. The lowest BCUT2D eigenvalue weighted by Gasteiger charge is -1.99. The van der Waals surface area contributed by atoms with Gasteiger partial charge in [0, 0.05) is 0 Å². The van der Waals surface area contributed by atoms with Gasteiger partial charge in [0.15, 0.2) is 0 Å². The number of hydrogen-bond donors (Lipinski definition) is 2. The molecule has 1 aliphatic rings. The van der Waals surface area contributed by atoms with Gasteiger partial charge in [0.25, 0.3) is 0 Å². The van der Waals surface area contributed by atoms with Gasteiger partial charge < -0.3 is 0 Å². The number of hydrogen-bond acceptors (Lipinski definition) is 2. The SMILES string of the molecule is ONC=Nc1ccc2c(c1)CCC2. The van der Waals surface area contributed by atoms with Gasteiger partial charge in [-0.25, -0.2) is 4.99 Å². The highest BCUT2D eigenvalue weighted by molar-refractivity contribution is 5.60. The highest BCUT2D eigenvalue weighted by Crippen LogP contribution is 2.25. The van der Waals surface area contributed by atoms with Gasteiger partial charge in [-0.2, -0.15) is 0 Å². The molecule has 3 nitrogen and oxygen atoms in total. The summed E-state index contributed by atoms with van der Waals surface area (Å²) in [4.78, 5) is 4.02. The monoisotopic (exact) mass is 176 g/mol. The molecule has 0 heterocycles. The normalized spacial score (nSPS) is 14.8. The standard InChI is InChI=1S/C10H12N2O/c13-12-7-11-10-5-4-8-2-1-3-9(8)6-10/h4-7,13H,1-3H2,(H,11,12). The topological polar surface area (TPSA) is 44.6 Å². The molecule has 1 aromatic rings. The van der Waals surface area contributed by atoms with Crippen molar-refractivity contribution in [3.05, 3.63) is 29.3 Å². The van der Waals surface area contributed by atoms with Gasteiger partial charge in [-0.15, -0.1) is 0 Å². The molecular weight excluding hydrogens is 164 g/mol. The zero-order valence-corrected chi connectivity index (χ0v) is 7.33. The Labute approximate surface area is 77.1 Å². The molecule has 2 N–H and O–H groups in total. The molecule has 1 aromatic carbocycles. The number of aliphatic imine (C=N–C) groups is 1. The van der Waals surface area contributed by atoms with Crippen molar-refractivity contribution in [2.45, 2.75) is 19.3 Å². The molecule has 2 rings (SSSR count). The second kappa shape index (κ2) is 3.58. The van der Waals surface area contributed by atoms with E-state index in [1.54, 1.807) is 0 Å². The third-order valence-corrected chi connectivity index (χ3v) is 2.35. The molecule has 0 amide bonds. The van der Waals surface area contributed by atoms with Crippen molar-refractivity contribution >= 4 is 12.0 Å². The van der Waals surface area contributed by atoms with E-state index in [-0.39, 0.29) is 0 Å². The molecule has 0 saturated carbocycles. The van der Waals surface area contributed by atoms with E-state index < -0.39 is 0 Å². The number of benzene rings is 1. The second-order valence-corrected chi connectivity index (χ2v) is 3.19. The molecule has 0 aromatic heterocycles. The van der Waals surface area contributed by atoms with Crippen LogP contribution < -0.4 is 5.48 Å². The number of aryl methyl sites for hydroxylation is 2. The maximum Gasteiger partial charge on any atom is 0.113 e. The number of rotatable bonds is 2. The quantitative estimate of drug-likeness (QED) is 0.410. The van der Waals surface area contributed by atoms with E-state index in [4.69, 9.17) is 5.21 Å².